The summed E-state index contributed by atoms with van der Waals surface area (Å²) in [6, 6.07) is 15.3. The van der Waals surface area contributed by atoms with E-state index in [-0.39, 0.29) is 0 Å². The normalized spacial score (nSPS) is 18.7. The summed E-state index contributed by atoms with van der Waals surface area (Å²) in [5, 5.41) is 8.46. The number of nitrogens with zero attached hydrogens (tertiary/aromatic N) is 3. The van der Waals surface area contributed by atoms with Gasteiger partial charge in [0.2, 0.25) is 0 Å². The van der Waals surface area contributed by atoms with Gasteiger partial charge in [-0.05, 0) is 49.4 Å². The van der Waals surface area contributed by atoms with Crippen molar-refractivity contribution in [1.82, 2.24) is 20.1 Å². The molecule has 1 N–H and O–H groups in total. The lowest BCUT2D eigenvalue weighted by molar-refractivity contribution is 0.559. The lowest BCUT2D eigenvalue weighted by Gasteiger charge is -2.15. The zero-order chi connectivity index (χ0) is 20.4. The van der Waals surface area contributed by atoms with Crippen molar-refractivity contribution in [2.75, 3.05) is 0 Å². The number of aromatic nitrogens is 3. The Bertz CT molecular complexity index is 984. The van der Waals surface area contributed by atoms with E-state index in [9.17, 15) is 0 Å². The second-order valence-corrected chi connectivity index (χ2v) is 8.30. The molecular formula is C25H30N4. The molecule has 0 aliphatic heterocycles. The van der Waals surface area contributed by atoms with Crippen LogP contribution in [0.1, 0.15) is 60.2 Å². The summed E-state index contributed by atoms with van der Waals surface area (Å²) in [7, 11) is 0. The molecule has 0 unspecified atom stereocenters. The Labute approximate surface area is 173 Å². The number of pyridine rings is 1. The van der Waals surface area contributed by atoms with Gasteiger partial charge >= 0.3 is 0 Å². The molecule has 0 fully saturated rings. The maximum Gasteiger partial charge on any atom is 0.153 e. The molecule has 4 nitrogen and oxygen atoms in total. The largest absolute Gasteiger partial charge is 0.306 e. The van der Waals surface area contributed by atoms with Crippen molar-refractivity contribution in [2.45, 2.75) is 58.5 Å². The molecule has 0 bridgehead atoms. The highest BCUT2D eigenvalue weighted by Gasteiger charge is 2.26. The number of benzene rings is 1. The minimum absolute atomic E-state index is 0.391. The van der Waals surface area contributed by atoms with Crippen LogP contribution in [0.5, 0.6) is 0 Å². The third kappa shape index (κ3) is 4.18. The third-order valence-corrected chi connectivity index (χ3v) is 5.88. The van der Waals surface area contributed by atoms with Crippen LogP contribution in [-0.4, -0.2) is 20.8 Å². The highest BCUT2D eigenvalue weighted by molar-refractivity contribution is 5.38. The molecule has 0 spiro atoms. The van der Waals surface area contributed by atoms with Crippen LogP contribution < -0.4 is 5.32 Å². The molecule has 0 amide bonds. The molecule has 4 heteroatoms. The highest BCUT2D eigenvalue weighted by atomic mass is 15.3. The minimum Gasteiger partial charge on any atom is -0.306 e. The fraction of sp³-hybridized carbons (Fsp3) is 0.360. The van der Waals surface area contributed by atoms with Gasteiger partial charge in [-0.2, -0.15) is 5.10 Å². The van der Waals surface area contributed by atoms with Crippen LogP contribution in [-0.2, 0) is 6.54 Å². The van der Waals surface area contributed by atoms with Gasteiger partial charge in [0.1, 0.15) is 0 Å². The number of rotatable bonds is 6. The molecule has 1 aromatic carbocycles. The average Bonchev–Trinajstić information content (AvgIpc) is 3.31. The smallest absolute Gasteiger partial charge is 0.153 e. The molecule has 0 saturated carbocycles. The lowest BCUT2D eigenvalue weighted by atomic mass is 9.96. The van der Waals surface area contributed by atoms with Gasteiger partial charge in [-0.25, -0.2) is 9.67 Å². The summed E-state index contributed by atoms with van der Waals surface area (Å²) in [6.45, 7) is 9.61. The standard InChI is InChI=1S/C25H30N4/c1-17(2)21-10-8-20(9-11-21)16-27-23-13-12-22(15-23)25-18(3)28-29(19(25)4)24-7-5-6-14-26-24/h5-14,17,22-23,27H,15-16H2,1-4H3/t22-,23-/m1/s1. The SMILES string of the molecule is Cc1nn(-c2ccccn2)c(C)c1[C@@H]1C=C[C@@H](NCc2ccc(C(C)C)cc2)C1. The van der Waals surface area contributed by atoms with E-state index in [0.717, 1.165) is 24.5 Å². The quantitative estimate of drug-likeness (QED) is 0.592. The zero-order valence-electron chi connectivity index (χ0n) is 17.8. The maximum absolute atomic E-state index is 4.77. The van der Waals surface area contributed by atoms with E-state index in [1.165, 1.54) is 22.4 Å². The monoisotopic (exact) mass is 386 g/mol. The summed E-state index contributed by atoms with van der Waals surface area (Å²) in [4.78, 5) is 4.46. The van der Waals surface area contributed by atoms with Crippen molar-refractivity contribution in [3.8, 4) is 5.82 Å². The number of hydrogen-bond acceptors (Lipinski definition) is 3. The summed E-state index contributed by atoms with van der Waals surface area (Å²) in [6.07, 6.45) is 7.53. The number of nitrogens with one attached hydrogen (secondary N) is 1. The second-order valence-electron chi connectivity index (χ2n) is 8.30. The van der Waals surface area contributed by atoms with Gasteiger partial charge in [0, 0.05) is 36.0 Å². The van der Waals surface area contributed by atoms with E-state index in [4.69, 9.17) is 5.10 Å². The van der Waals surface area contributed by atoms with Crippen LogP contribution in [0.2, 0.25) is 0 Å². The minimum atomic E-state index is 0.391. The molecule has 2 aromatic heterocycles. The van der Waals surface area contributed by atoms with E-state index in [1.807, 2.05) is 29.1 Å². The number of allylic oxidation sites excluding steroid dienone is 1. The summed E-state index contributed by atoms with van der Waals surface area (Å²) in [5.74, 6) is 1.85. The van der Waals surface area contributed by atoms with E-state index in [1.54, 1.807) is 0 Å². The van der Waals surface area contributed by atoms with E-state index >= 15 is 0 Å². The number of hydrogen-bond donors (Lipinski definition) is 1. The van der Waals surface area contributed by atoms with Crippen LogP contribution in [0.3, 0.4) is 0 Å². The van der Waals surface area contributed by atoms with Gasteiger partial charge in [-0.3, -0.25) is 0 Å². The molecule has 3 aromatic rings. The first-order chi connectivity index (χ1) is 14.0. The maximum atomic E-state index is 4.77. The summed E-state index contributed by atoms with van der Waals surface area (Å²) in [5.41, 5.74) is 6.33. The molecule has 4 rings (SSSR count). The predicted octanol–water partition coefficient (Wildman–Crippen LogP) is 5.21. The first-order valence-electron chi connectivity index (χ1n) is 10.5. The van der Waals surface area contributed by atoms with Crippen molar-refractivity contribution < 1.29 is 0 Å². The first-order valence-corrected chi connectivity index (χ1v) is 10.5. The van der Waals surface area contributed by atoms with Crippen LogP contribution in [0.15, 0.2) is 60.8 Å². The van der Waals surface area contributed by atoms with E-state index in [0.29, 0.717) is 17.9 Å². The number of aryl methyl sites for hydroxylation is 1. The van der Waals surface area contributed by atoms with E-state index in [2.05, 4.69) is 74.4 Å². The molecular weight excluding hydrogens is 356 g/mol. The molecule has 0 radical (unpaired) electrons. The van der Waals surface area contributed by atoms with Gasteiger partial charge < -0.3 is 5.32 Å². The predicted molar refractivity (Wildman–Crippen MR) is 118 cm³/mol. The third-order valence-electron chi connectivity index (χ3n) is 5.88. The van der Waals surface area contributed by atoms with Gasteiger partial charge in [0.15, 0.2) is 5.82 Å². The Kier molecular flexibility index (Phi) is 5.63. The van der Waals surface area contributed by atoms with Gasteiger partial charge in [0.25, 0.3) is 0 Å². The van der Waals surface area contributed by atoms with Crippen molar-refractivity contribution in [1.29, 1.82) is 0 Å². The van der Waals surface area contributed by atoms with Crippen LogP contribution >= 0.6 is 0 Å². The molecule has 2 atom stereocenters. The van der Waals surface area contributed by atoms with Crippen LogP contribution in [0, 0.1) is 13.8 Å². The summed E-state index contributed by atoms with van der Waals surface area (Å²) >= 11 is 0. The lowest BCUT2D eigenvalue weighted by Crippen LogP contribution is -2.25. The van der Waals surface area contributed by atoms with E-state index < -0.39 is 0 Å². The van der Waals surface area contributed by atoms with Crippen molar-refractivity contribution >= 4 is 0 Å². The molecule has 1 aliphatic carbocycles. The second kappa shape index (κ2) is 8.34. The Morgan fingerprint density at radius 1 is 1.07 bits per heavy atom. The molecule has 150 valence electrons. The summed E-state index contributed by atoms with van der Waals surface area (Å²) < 4.78 is 1.97. The average molecular weight is 387 g/mol. The topological polar surface area (TPSA) is 42.7 Å². The fourth-order valence-electron chi connectivity index (χ4n) is 4.23. The molecule has 1 aliphatic rings. The van der Waals surface area contributed by atoms with Gasteiger partial charge in [-0.15, -0.1) is 0 Å². The fourth-order valence-corrected chi connectivity index (χ4v) is 4.23. The first kappa shape index (κ1) is 19.6. The zero-order valence-corrected chi connectivity index (χ0v) is 17.8. The van der Waals surface area contributed by atoms with Crippen LogP contribution in [0.4, 0.5) is 0 Å². The van der Waals surface area contributed by atoms with Crippen molar-refractivity contribution in [3.05, 3.63) is 88.9 Å². The Hall–Kier alpha value is -2.72. The van der Waals surface area contributed by atoms with Gasteiger partial charge in [-0.1, -0.05) is 56.3 Å². The Morgan fingerprint density at radius 2 is 1.86 bits per heavy atom. The van der Waals surface area contributed by atoms with Gasteiger partial charge in [0.05, 0.1) is 5.69 Å². The Morgan fingerprint density at radius 3 is 2.55 bits per heavy atom. The van der Waals surface area contributed by atoms with Crippen molar-refractivity contribution in [2.24, 2.45) is 0 Å². The Balaban J connectivity index is 1.41. The van der Waals surface area contributed by atoms with Crippen molar-refractivity contribution in [3.63, 3.8) is 0 Å². The molecule has 0 saturated heterocycles. The molecule has 2 heterocycles. The highest BCUT2D eigenvalue weighted by Crippen LogP contribution is 2.33. The van der Waals surface area contributed by atoms with Crippen LogP contribution in [0.25, 0.3) is 5.82 Å². The molecule has 29 heavy (non-hydrogen) atoms.